The first-order valence-corrected chi connectivity index (χ1v) is 15.8. The van der Waals surface area contributed by atoms with Crippen LogP contribution in [0.4, 0.5) is 15.9 Å². The molecule has 0 spiro atoms. The Hall–Kier alpha value is -3.99. The predicted octanol–water partition coefficient (Wildman–Crippen LogP) is 7.09. The first kappa shape index (κ1) is 29.5. The first-order chi connectivity index (χ1) is 20.2. The average molecular weight is 609 g/mol. The van der Waals surface area contributed by atoms with E-state index in [1.54, 1.807) is 24.3 Å². The molecule has 0 aliphatic carbocycles. The minimum absolute atomic E-state index is 0.0627. The fraction of sp³-hybridized carbons (Fsp3) is 0.226. The molecule has 0 radical (unpaired) electrons. The second-order valence-electron chi connectivity index (χ2n) is 9.87. The van der Waals surface area contributed by atoms with Crippen LogP contribution in [0, 0.1) is 5.82 Å². The van der Waals surface area contributed by atoms with Gasteiger partial charge in [0.1, 0.15) is 51.7 Å². The number of halogens is 2. The highest BCUT2D eigenvalue weighted by Crippen LogP contribution is 2.33. The van der Waals surface area contributed by atoms with Gasteiger partial charge in [-0.25, -0.2) is 22.8 Å². The quantitative estimate of drug-likeness (QED) is 0.155. The molecular formula is C31H30ClFN4O4S. The van der Waals surface area contributed by atoms with Crippen molar-refractivity contribution in [2.24, 2.45) is 0 Å². The van der Waals surface area contributed by atoms with Crippen molar-refractivity contribution >= 4 is 43.8 Å². The van der Waals surface area contributed by atoms with Gasteiger partial charge in [0.2, 0.25) is 0 Å². The van der Waals surface area contributed by atoms with E-state index >= 15 is 0 Å². The van der Waals surface area contributed by atoms with Crippen LogP contribution in [0.3, 0.4) is 0 Å². The van der Waals surface area contributed by atoms with Crippen LogP contribution < -0.4 is 15.4 Å². The van der Waals surface area contributed by atoms with Gasteiger partial charge in [0.05, 0.1) is 22.3 Å². The van der Waals surface area contributed by atoms with Gasteiger partial charge < -0.3 is 19.8 Å². The number of anilines is 2. The van der Waals surface area contributed by atoms with Gasteiger partial charge in [-0.1, -0.05) is 30.7 Å². The van der Waals surface area contributed by atoms with E-state index in [1.807, 2.05) is 43.3 Å². The zero-order valence-electron chi connectivity index (χ0n) is 23.1. The number of nitrogens with zero attached hydrogens (tertiary/aromatic N) is 2. The molecule has 218 valence electrons. The lowest BCUT2D eigenvalue weighted by Gasteiger charge is -2.15. The molecule has 0 amide bonds. The molecule has 8 nitrogen and oxygen atoms in total. The number of rotatable bonds is 12. The van der Waals surface area contributed by atoms with Gasteiger partial charge in [-0.05, 0) is 79.2 Å². The fourth-order valence-electron chi connectivity index (χ4n) is 4.55. The van der Waals surface area contributed by atoms with Crippen molar-refractivity contribution in [3.05, 3.63) is 101 Å². The number of ether oxygens (including phenoxy) is 1. The molecule has 2 heterocycles. The molecule has 2 aromatic heterocycles. The summed E-state index contributed by atoms with van der Waals surface area (Å²) in [5, 5.41) is 7.78. The smallest absolute Gasteiger partial charge is 0.147 e. The van der Waals surface area contributed by atoms with E-state index in [1.165, 1.54) is 24.7 Å². The predicted molar refractivity (Wildman–Crippen MR) is 163 cm³/mol. The first-order valence-electron chi connectivity index (χ1n) is 13.4. The molecule has 0 aliphatic heterocycles. The highest BCUT2D eigenvalue weighted by Gasteiger charge is 2.18. The van der Waals surface area contributed by atoms with E-state index < -0.39 is 9.84 Å². The van der Waals surface area contributed by atoms with Crippen molar-refractivity contribution in [2.45, 2.75) is 26.0 Å². The van der Waals surface area contributed by atoms with Crippen LogP contribution >= 0.6 is 11.6 Å². The van der Waals surface area contributed by atoms with E-state index in [0.717, 1.165) is 16.5 Å². The van der Waals surface area contributed by atoms with E-state index in [-0.39, 0.29) is 24.2 Å². The summed E-state index contributed by atoms with van der Waals surface area (Å²) in [6.07, 6.45) is 3.13. The Kier molecular flexibility index (Phi) is 9.06. The lowest BCUT2D eigenvalue weighted by Crippen LogP contribution is -2.23. The Morgan fingerprint density at radius 3 is 2.67 bits per heavy atom. The van der Waals surface area contributed by atoms with Crippen LogP contribution in [0.15, 0.2) is 83.5 Å². The maximum Gasteiger partial charge on any atom is 0.147 e. The fourth-order valence-corrected chi connectivity index (χ4v) is 5.45. The van der Waals surface area contributed by atoms with E-state index in [9.17, 15) is 12.8 Å². The number of nitrogens with one attached hydrogen (secondary N) is 2. The molecule has 0 saturated carbocycles. The Labute approximate surface area is 248 Å². The Morgan fingerprint density at radius 1 is 1.05 bits per heavy atom. The molecule has 11 heteroatoms. The minimum atomic E-state index is -3.10. The zero-order chi connectivity index (χ0) is 29.7. The molecule has 0 aliphatic rings. The van der Waals surface area contributed by atoms with E-state index in [0.29, 0.717) is 52.3 Å². The number of hydrogen-bond acceptors (Lipinski definition) is 8. The van der Waals surface area contributed by atoms with Crippen LogP contribution in [-0.4, -0.2) is 36.9 Å². The number of benzene rings is 3. The van der Waals surface area contributed by atoms with Crippen LogP contribution in [0.25, 0.3) is 22.2 Å². The van der Waals surface area contributed by atoms with E-state index in [4.69, 9.17) is 20.8 Å². The van der Waals surface area contributed by atoms with Crippen molar-refractivity contribution in [1.29, 1.82) is 0 Å². The molecule has 0 fully saturated rings. The van der Waals surface area contributed by atoms with Crippen molar-refractivity contribution in [3.63, 3.8) is 0 Å². The Bertz CT molecular complexity index is 1810. The molecule has 0 bridgehead atoms. The Morgan fingerprint density at radius 2 is 1.90 bits per heavy atom. The number of furan rings is 1. The number of hydrogen-bond donors (Lipinski definition) is 2. The molecule has 3 aromatic carbocycles. The van der Waals surface area contributed by atoms with E-state index in [2.05, 4.69) is 20.6 Å². The summed E-state index contributed by atoms with van der Waals surface area (Å²) in [6, 6.07) is 20.8. The SMILES string of the molecule is CCNC(CCS(C)(=O)=O)c1ccc(-c2ccc3ncnc(Nc4ccc(OCc5cccc(F)c5)c(Cl)c4)c3c2)o1. The van der Waals surface area contributed by atoms with Crippen molar-refractivity contribution < 1.29 is 22.0 Å². The lowest BCUT2D eigenvalue weighted by atomic mass is 10.1. The molecule has 42 heavy (non-hydrogen) atoms. The van der Waals surface area contributed by atoms with Crippen LogP contribution in [0.1, 0.15) is 30.7 Å². The molecule has 2 N–H and O–H groups in total. The number of fused-ring (bicyclic) bond motifs is 1. The second kappa shape index (κ2) is 12.9. The standard InChI is InChI=1S/C31H30ClFN4O4S/c1-3-34-27(13-14-42(2,38)39)30-12-11-28(41-30)21-7-9-26-24(16-21)31(36-19-35-26)37-23-8-10-29(25(32)17-23)40-18-20-5-4-6-22(33)15-20/h4-12,15-17,19,27,34H,3,13-14,18H2,1-2H3,(H,35,36,37). The normalized spacial score (nSPS) is 12.4. The zero-order valence-corrected chi connectivity index (χ0v) is 24.7. The molecule has 5 rings (SSSR count). The van der Waals surface area contributed by atoms with Crippen molar-refractivity contribution in [3.8, 4) is 17.1 Å². The summed E-state index contributed by atoms with van der Waals surface area (Å²) in [7, 11) is -3.10. The molecule has 1 unspecified atom stereocenters. The summed E-state index contributed by atoms with van der Waals surface area (Å²) >= 11 is 6.49. The Balaban J connectivity index is 1.35. The minimum Gasteiger partial charge on any atom is -0.487 e. The summed E-state index contributed by atoms with van der Waals surface area (Å²) in [5.74, 6) is 2.11. The topological polar surface area (TPSA) is 106 Å². The third kappa shape index (κ3) is 7.44. The monoisotopic (exact) mass is 608 g/mol. The van der Waals surface area contributed by atoms with Gasteiger partial charge >= 0.3 is 0 Å². The van der Waals surface area contributed by atoms with Crippen molar-refractivity contribution in [2.75, 3.05) is 23.9 Å². The highest BCUT2D eigenvalue weighted by atomic mass is 35.5. The molecule has 5 aromatic rings. The van der Waals surface area contributed by atoms with Crippen LogP contribution in [0.2, 0.25) is 5.02 Å². The number of sulfone groups is 1. The van der Waals surface area contributed by atoms with Gasteiger partial charge in [0, 0.05) is 22.9 Å². The molecular weight excluding hydrogens is 579 g/mol. The van der Waals surface area contributed by atoms with Crippen LogP contribution in [-0.2, 0) is 16.4 Å². The van der Waals surface area contributed by atoms with Gasteiger partial charge in [0.25, 0.3) is 0 Å². The summed E-state index contributed by atoms with van der Waals surface area (Å²) in [6.45, 7) is 2.83. The van der Waals surface area contributed by atoms with Gasteiger partial charge in [-0.2, -0.15) is 0 Å². The van der Waals surface area contributed by atoms with Crippen molar-refractivity contribution in [1.82, 2.24) is 15.3 Å². The molecule has 1 atom stereocenters. The third-order valence-electron chi connectivity index (χ3n) is 6.60. The largest absolute Gasteiger partial charge is 0.487 e. The third-order valence-corrected chi connectivity index (χ3v) is 7.87. The summed E-state index contributed by atoms with van der Waals surface area (Å²) in [5.41, 5.74) is 2.96. The lowest BCUT2D eigenvalue weighted by molar-refractivity contribution is 0.306. The summed E-state index contributed by atoms with van der Waals surface area (Å²) < 4.78 is 48.9. The second-order valence-corrected chi connectivity index (χ2v) is 12.5. The van der Waals surface area contributed by atoms with Crippen LogP contribution in [0.5, 0.6) is 5.75 Å². The maximum absolute atomic E-state index is 13.5. The number of aromatic nitrogens is 2. The van der Waals surface area contributed by atoms with Gasteiger partial charge in [-0.15, -0.1) is 0 Å². The average Bonchev–Trinajstić information content (AvgIpc) is 3.45. The molecule has 0 saturated heterocycles. The highest BCUT2D eigenvalue weighted by molar-refractivity contribution is 7.90. The van der Waals surface area contributed by atoms with Gasteiger partial charge in [0.15, 0.2) is 0 Å². The maximum atomic E-state index is 13.5. The van der Waals surface area contributed by atoms with Gasteiger partial charge in [-0.3, -0.25) is 0 Å². The summed E-state index contributed by atoms with van der Waals surface area (Å²) in [4.78, 5) is 8.84.